The topological polar surface area (TPSA) is 93.4 Å². The van der Waals surface area contributed by atoms with Gasteiger partial charge in [0, 0.05) is 53.3 Å². The molecule has 3 heterocycles. The van der Waals surface area contributed by atoms with Crippen LogP contribution in [0.25, 0.3) is 10.9 Å². The quantitative estimate of drug-likeness (QED) is 0.346. The highest BCUT2D eigenvalue weighted by atomic mass is 32.1. The predicted octanol–water partition coefficient (Wildman–Crippen LogP) is 4.51. The monoisotopic (exact) mass is 502 g/mol. The molecule has 1 aliphatic rings. The first-order valence-electron chi connectivity index (χ1n) is 12.2. The number of nitrogens with zero attached hydrogens (tertiary/aromatic N) is 3. The van der Waals surface area contributed by atoms with Gasteiger partial charge in [0.2, 0.25) is 0 Å². The first-order valence-corrected chi connectivity index (χ1v) is 13.1. The van der Waals surface area contributed by atoms with Crippen molar-refractivity contribution in [2.45, 2.75) is 19.4 Å². The third kappa shape index (κ3) is 5.12. The van der Waals surface area contributed by atoms with Crippen LogP contribution >= 0.6 is 11.3 Å². The second-order valence-corrected chi connectivity index (χ2v) is 10.1. The van der Waals surface area contributed by atoms with Crippen LogP contribution in [0.2, 0.25) is 0 Å². The number of hydrogen-bond donors (Lipinski definition) is 3. The molecule has 2 aromatic carbocycles. The number of hydrogen-bond acceptors (Lipinski definition) is 6. The van der Waals surface area contributed by atoms with Crippen LogP contribution in [0, 0.1) is 0 Å². The summed E-state index contributed by atoms with van der Waals surface area (Å²) in [6.07, 6.45) is 0.801. The summed E-state index contributed by atoms with van der Waals surface area (Å²) < 4.78 is 0. The van der Waals surface area contributed by atoms with E-state index in [4.69, 9.17) is 0 Å². The first kappa shape index (κ1) is 24.0. The Bertz CT molecular complexity index is 1340. The van der Waals surface area contributed by atoms with E-state index >= 15 is 0 Å². The number of carbonyl (C=O) groups is 2. The average molecular weight is 503 g/mol. The minimum atomic E-state index is -0.244. The van der Waals surface area contributed by atoms with Crippen LogP contribution in [0.15, 0.2) is 60.0 Å². The lowest BCUT2D eigenvalue weighted by atomic mass is 10.1. The molecule has 0 aliphatic carbocycles. The molecule has 0 bridgehead atoms. The number of carbonyl (C=O) groups excluding carboxylic acids is 2. The highest BCUT2D eigenvalue weighted by molar-refractivity contribution is 7.10. The summed E-state index contributed by atoms with van der Waals surface area (Å²) in [6.45, 7) is 6.06. The van der Waals surface area contributed by atoms with Gasteiger partial charge in [-0.3, -0.25) is 14.7 Å². The van der Waals surface area contributed by atoms with Gasteiger partial charge in [-0.2, -0.15) is 5.10 Å². The fraction of sp³-hybridized carbons (Fsp3) is 0.296. The second kappa shape index (κ2) is 10.5. The van der Waals surface area contributed by atoms with Crippen LogP contribution in [0.5, 0.6) is 0 Å². The Kier molecular flexibility index (Phi) is 7.02. The molecule has 2 amide bonds. The number of rotatable bonds is 7. The molecule has 1 aliphatic heterocycles. The van der Waals surface area contributed by atoms with Gasteiger partial charge in [0.05, 0.1) is 11.6 Å². The Balaban J connectivity index is 1.29. The summed E-state index contributed by atoms with van der Waals surface area (Å²) >= 11 is 1.63. The fourth-order valence-electron chi connectivity index (χ4n) is 4.42. The molecule has 186 valence electrons. The van der Waals surface area contributed by atoms with Crippen molar-refractivity contribution in [1.29, 1.82) is 0 Å². The van der Waals surface area contributed by atoms with Crippen LogP contribution in [0.3, 0.4) is 0 Å². The van der Waals surface area contributed by atoms with E-state index in [0.29, 0.717) is 22.3 Å². The standard InChI is InChI=1S/C27H30N6O2S/c1-3-22(24-5-4-16-36-24)28-27(35)19-8-11-23-21(17-19)25(31-30-23)29-26(34)18-6-9-20(10-7-18)33-14-12-32(2)13-15-33/h4-11,16-17,22H,3,12-15H2,1-2H3,(H,28,35)(H2,29,30,31,34). The normalized spacial score (nSPS) is 15.1. The van der Waals surface area contributed by atoms with Crippen LogP contribution in [-0.2, 0) is 0 Å². The molecule has 0 spiro atoms. The SMILES string of the molecule is CCC(NC(=O)c1ccc2[nH]nc(NC(=O)c3ccc(N4CCN(C)CC4)cc3)c2c1)c1cccs1. The van der Waals surface area contributed by atoms with Crippen molar-refractivity contribution in [3.8, 4) is 0 Å². The lowest BCUT2D eigenvalue weighted by Crippen LogP contribution is -2.44. The molecule has 36 heavy (non-hydrogen) atoms. The molecule has 0 saturated carbocycles. The smallest absolute Gasteiger partial charge is 0.256 e. The molecule has 9 heteroatoms. The number of likely N-dealkylation sites (N-methyl/N-ethyl adjacent to an activating group) is 1. The van der Waals surface area contributed by atoms with Gasteiger partial charge >= 0.3 is 0 Å². The van der Waals surface area contributed by atoms with E-state index in [-0.39, 0.29) is 17.9 Å². The van der Waals surface area contributed by atoms with Gasteiger partial charge in [0.25, 0.3) is 11.8 Å². The highest BCUT2D eigenvalue weighted by Crippen LogP contribution is 2.25. The zero-order valence-corrected chi connectivity index (χ0v) is 21.3. The maximum Gasteiger partial charge on any atom is 0.256 e. The number of piperazine rings is 1. The Morgan fingerprint density at radius 3 is 2.47 bits per heavy atom. The summed E-state index contributed by atoms with van der Waals surface area (Å²) in [4.78, 5) is 31.7. The average Bonchev–Trinajstić information content (AvgIpc) is 3.58. The van der Waals surface area contributed by atoms with Gasteiger partial charge < -0.3 is 20.4 Å². The number of aromatic nitrogens is 2. The Labute approximate surface area is 214 Å². The molecule has 1 saturated heterocycles. The zero-order valence-electron chi connectivity index (χ0n) is 20.5. The summed E-state index contributed by atoms with van der Waals surface area (Å²) in [7, 11) is 2.13. The molecular weight excluding hydrogens is 472 g/mol. The van der Waals surface area contributed by atoms with Gasteiger partial charge in [-0.05, 0) is 67.4 Å². The van der Waals surface area contributed by atoms with Crippen molar-refractivity contribution in [1.82, 2.24) is 20.4 Å². The molecule has 8 nitrogen and oxygen atoms in total. The number of amides is 2. The highest BCUT2D eigenvalue weighted by Gasteiger charge is 2.18. The van der Waals surface area contributed by atoms with Crippen molar-refractivity contribution < 1.29 is 9.59 Å². The number of fused-ring (bicyclic) bond motifs is 1. The molecule has 2 aromatic heterocycles. The number of nitrogens with one attached hydrogen (secondary N) is 3. The van der Waals surface area contributed by atoms with Crippen molar-refractivity contribution in [3.05, 3.63) is 76.0 Å². The van der Waals surface area contributed by atoms with Crippen LogP contribution in [0.4, 0.5) is 11.5 Å². The van der Waals surface area contributed by atoms with E-state index in [0.717, 1.165) is 48.7 Å². The lowest BCUT2D eigenvalue weighted by molar-refractivity contribution is 0.0935. The summed E-state index contributed by atoms with van der Waals surface area (Å²) in [5.41, 5.74) is 2.94. The Morgan fingerprint density at radius 2 is 1.78 bits per heavy atom. The Morgan fingerprint density at radius 1 is 1.03 bits per heavy atom. The van der Waals surface area contributed by atoms with Crippen LogP contribution in [0.1, 0.15) is 45.0 Å². The van der Waals surface area contributed by atoms with Crippen molar-refractivity contribution in [2.75, 3.05) is 43.4 Å². The lowest BCUT2D eigenvalue weighted by Gasteiger charge is -2.34. The summed E-state index contributed by atoms with van der Waals surface area (Å²) in [6, 6.07) is 17.0. The molecule has 4 aromatic rings. The molecule has 1 fully saturated rings. The van der Waals surface area contributed by atoms with E-state index < -0.39 is 0 Å². The van der Waals surface area contributed by atoms with Crippen LogP contribution < -0.4 is 15.5 Å². The maximum absolute atomic E-state index is 13.0. The van der Waals surface area contributed by atoms with E-state index in [1.807, 2.05) is 47.8 Å². The zero-order chi connectivity index (χ0) is 25.1. The van der Waals surface area contributed by atoms with E-state index in [2.05, 4.69) is 44.6 Å². The third-order valence-corrected chi connectivity index (χ3v) is 7.64. The maximum atomic E-state index is 13.0. The summed E-state index contributed by atoms with van der Waals surface area (Å²) in [5.74, 6) is 0.000129. The predicted molar refractivity (Wildman–Crippen MR) is 145 cm³/mol. The molecule has 1 unspecified atom stereocenters. The van der Waals surface area contributed by atoms with E-state index in [1.54, 1.807) is 23.5 Å². The number of H-pyrrole nitrogens is 1. The number of anilines is 2. The number of aromatic amines is 1. The van der Waals surface area contributed by atoms with E-state index in [1.165, 1.54) is 0 Å². The van der Waals surface area contributed by atoms with Gasteiger partial charge in [-0.1, -0.05) is 13.0 Å². The molecule has 1 atom stereocenters. The number of benzene rings is 2. The van der Waals surface area contributed by atoms with Crippen molar-refractivity contribution in [2.24, 2.45) is 0 Å². The fourth-order valence-corrected chi connectivity index (χ4v) is 5.29. The minimum Gasteiger partial charge on any atom is -0.369 e. The molecular formula is C27H30N6O2S. The molecule has 0 radical (unpaired) electrons. The first-order chi connectivity index (χ1) is 17.5. The van der Waals surface area contributed by atoms with E-state index in [9.17, 15) is 9.59 Å². The van der Waals surface area contributed by atoms with Gasteiger partial charge in [-0.25, -0.2) is 0 Å². The third-order valence-electron chi connectivity index (χ3n) is 6.66. The van der Waals surface area contributed by atoms with Crippen molar-refractivity contribution >= 4 is 45.6 Å². The van der Waals surface area contributed by atoms with Crippen molar-refractivity contribution in [3.63, 3.8) is 0 Å². The Hall–Kier alpha value is -3.69. The number of thiophene rings is 1. The second-order valence-electron chi connectivity index (χ2n) is 9.07. The molecule has 5 rings (SSSR count). The van der Waals surface area contributed by atoms with Gasteiger partial charge in [-0.15, -0.1) is 11.3 Å². The van der Waals surface area contributed by atoms with Gasteiger partial charge in [0.15, 0.2) is 5.82 Å². The largest absolute Gasteiger partial charge is 0.369 e. The minimum absolute atomic E-state index is 0.0365. The van der Waals surface area contributed by atoms with Gasteiger partial charge in [0.1, 0.15) is 0 Å². The summed E-state index contributed by atoms with van der Waals surface area (Å²) in [5, 5.41) is 15.9. The molecule has 3 N–H and O–H groups in total. The van der Waals surface area contributed by atoms with Crippen LogP contribution in [-0.4, -0.2) is 60.1 Å².